The number of hydrogen-bond donors (Lipinski definition) is 11. The standard InChI is InChI=1S/C12H27NO10/c14-9(15,5-1-3-7-11(18,19)20)13-10(16,17)6-2-4-8-12(21,22)23/h13-23H,1-8H2. The van der Waals surface area contributed by atoms with E-state index in [1.165, 1.54) is 0 Å². The van der Waals surface area contributed by atoms with Crippen molar-refractivity contribution in [3.63, 3.8) is 0 Å². The molecule has 0 amide bonds. The average molecular weight is 345 g/mol. The van der Waals surface area contributed by atoms with Crippen molar-refractivity contribution in [2.24, 2.45) is 0 Å². The van der Waals surface area contributed by atoms with Crippen LogP contribution in [-0.4, -0.2) is 74.8 Å². The Bertz CT molecular complexity index is 302. The van der Waals surface area contributed by atoms with Crippen molar-refractivity contribution >= 4 is 0 Å². The molecule has 0 unspecified atom stereocenters. The van der Waals surface area contributed by atoms with Gasteiger partial charge in [-0.1, -0.05) is 0 Å². The molecule has 0 rings (SSSR count). The quantitative estimate of drug-likeness (QED) is 0.122. The highest BCUT2D eigenvalue weighted by Crippen LogP contribution is 2.18. The summed E-state index contributed by atoms with van der Waals surface area (Å²) in [4.78, 5) is 0. The smallest absolute Gasteiger partial charge is 0.275 e. The van der Waals surface area contributed by atoms with Gasteiger partial charge < -0.3 is 51.1 Å². The van der Waals surface area contributed by atoms with Crippen LogP contribution in [-0.2, 0) is 0 Å². The topological polar surface area (TPSA) is 214 Å². The van der Waals surface area contributed by atoms with Gasteiger partial charge in [-0.3, -0.25) is 0 Å². The highest BCUT2D eigenvalue weighted by Gasteiger charge is 2.34. The third kappa shape index (κ3) is 14.9. The van der Waals surface area contributed by atoms with Crippen molar-refractivity contribution in [3.05, 3.63) is 0 Å². The van der Waals surface area contributed by atoms with Gasteiger partial charge in [0.1, 0.15) is 0 Å². The predicted octanol–water partition coefficient (Wildman–Crippen LogP) is -3.76. The molecule has 23 heavy (non-hydrogen) atoms. The Balaban J connectivity index is 4.09. The zero-order chi connectivity index (χ0) is 18.4. The maximum absolute atomic E-state index is 9.58. The molecule has 0 aliphatic carbocycles. The molecule has 0 atom stereocenters. The fourth-order valence-electron chi connectivity index (χ4n) is 1.91. The molecule has 0 aliphatic rings. The van der Waals surface area contributed by atoms with Gasteiger partial charge in [-0.15, -0.1) is 0 Å². The lowest BCUT2D eigenvalue weighted by atomic mass is 10.1. The molecule has 0 aromatic carbocycles. The summed E-state index contributed by atoms with van der Waals surface area (Å²) in [6.45, 7) is 0. The summed E-state index contributed by atoms with van der Waals surface area (Å²) >= 11 is 0. The molecule has 140 valence electrons. The molecule has 0 radical (unpaired) electrons. The zero-order valence-electron chi connectivity index (χ0n) is 12.6. The average Bonchev–Trinajstić information content (AvgIpc) is 2.27. The van der Waals surface area contributed by atoms with E-state index >= 15 is 0 Å². The van der Waals surface area contributed by atoms with E-state index in [9.17, 15) is 20.4 Å². The van der Waals surface area contributed by atoms with Crippen LogP contribution in [0.5, 0.6) is 0 Å². The van der Waals surface area contributed by atoms with E-state index in [0.29, 0.717) is 0 Å². The van der Waals surface area contributed by atoms with Crippen LogP contribution in [0.25, 0.3) is 0 Å². The van der Waals surface area contributed by atoms with Crippen molar-refractivity contribution in [1.29, 1.82) is 0 Å². The lowest BCUT2D eigenvalue weighted by molar-refractivity contribution is -0.317. The van der Waals surface area contributed by atoms with Crippen LogP contribution in [0.2, 0.25) is 0 Å². The second kappa shape index (κ2) is 8.60. The SMILES string of the molecule is OC(O)(O)CCCCC(O)(O)NC(O)(O)CCCCC(O)(O)O. The Hall–Kier alpha value is -0.440. The van der Waals surface area contributed by atoms with Crippen LogP contribution in [0.15, 0.2) is 0 Å². The van der Waals surface area contributed by atoms with Gasteiger partial charge in [0.2, 0.25) is 11.8 Å². The number of nitrogens with one attached hydrogen (secondary N) is 1. The third-order valence-corrected chi connectivity index (χ3v) is 2.98. The van der Waals surface area contributed by atoms with Crippen LogP contribution < -0.4 is 5.32 Å². The Kier molecular flexibility index (Phi) is 8.43. The number of hydrogen-bond acceptors (Lipinski definition) is 11. The predicted molar refractivity (Wildman–Crippen MR) is 73.2 cm³/mol. The van der Waals surface area contributed by atoms with Crippen LogP contribution in [0.3, 0.4) is 0 Å². The van der Waals surface area contributed by atoms with Crippen molar-refractivity contribution in [2.75, 3.05) is 0 Å². The highest BCUT2D eigenvalue weighted by molar-refractivity contribution is 4.71. The molecule has 0 heterocycles. The van der Waals surface area contributed by atoms with Crippen molar-refractivity contribution in [1.82, 2.24) is 5.32 Å². The molecule has 11 nitrogen and oxygen atoms in total. The molecule has 11 N–H and O–H groups in total. The lowest BCUT2D eigenvalue weighted by Crippen LogP contribution is -2.58. The zero-order valence-corrected chi connectivity index (χ0v) is 12.6. The Morgan fingerprint density at radius 2 is 0.696 bits per heavy atom. The Morgan fingerprint density at radius 3 is 0.957 bits per heavy atom. The minimum atomic E-state index is -2.85. The van der Waals surface area contributed by atoms with Crippen molar-refractivity contribution < 1.29 is 51.1 Å². The summed E-state index contributed by atoms with van der Waals surface area (Å²) in [5, 5.41) is 92.0. The van der Waals surface area contributed by atoms with E-state index in [1.54, 1.807) is 5.32 Å². The van der Waals surface area contributed by atoms with Gasteiger partial charge in [0.05, 0.1) is 0 Å². The summed E-state index contributed by atoms with van der Waals surface area (Å²) in [6.07, 6.45) is -1.50. The number of rotatable bonds is 12. The maximum Gasteiger partial charge on any atom is 0.275 e. The van der Waals surface area contributed by atoms with Gasteiger partial charge in [-0.25, -0.2) is 5.32 Å². The first-order valence-corrected chi connectivity index (χ1v) is 7.15. The van der Waals surface area contributed by atoms with Crippen molar-refractivity contribution in [3.8, 4) is 0 Å². The van der Waals surface area contributed by atoms with Crippen LogP contribution in [0.1, 0.15) is 51.4 Å². The van der Waals surface area contributed by atoms with Crippen LogP contribution in [0, 0.1) is 0 Å². The molecule has 0 saturated carbocycles. The van der Waals surface area contributed by atoms with Crippen LogP contribution >= 0.6 is 0 Å². The number of aliphatic hydroxyl groups is 10. The first-order valence-electron chi connectivity index (χ1n) is 7.15. The van der Waals surface area contributed by atoms with Gasteiger partial charge in [0.15, 0.2) is 0 Å². The summed E-state index contributed by atoms with van der Waals surface area (Å²) in [5.41, 5.74) is 0. The lowest BCUT2D eigenvalue weighted by Gasteiger charge is -2.32. The summed E-state index contributed by atoms with van der Waals surface area (Å²) in [7, 11) is 0. The molecule has 0 saturated heterocycles. The minimum Gasteiger partial charge on any atom is -0.353 e. The fraction of sp³-hybridized carbons (Fsp3) is 1.00. The summed E-state index contributed by atoms with van der Waals surface area (Å²) < 4.78 is 0. The highest BCUT2D eigenvalue weighted by atomic mass is 16.7. The largest absolute Gasteiger partial charge is 0.353 e. The summed E-state index contributed by atoms with van der Waals surface area (Å²) in [5.74, 6) is -11.0. The third-order valence-electron chi connectivity index (χ3n) is 2.98. The van der Waals surface area contributed by atoms with Gasteiger partial charge in [0.25, 0.3) is 11.9 Å². The molecule has 0 aromatic heterocycles. The van der Waals surface area contributed by atoms with E-state index in [1.807, 2.05) is 0 Å². The molecular formula is C12H27NO10. The van der Waals surface area contributed by atoms with Crippen LogP contribution in [0.4, 0.5) is 0 Å². The van der Waals surface area contributed by atoms with E-state index in [-0.39, 0.29) is 38.5 Å². The van der Waals surface area contributed by atoms with E-state index in [4.69, 9.17) is 30.6 Å². The fourth-order valence-corrected chi connectivity index (χ4v) is 1.91. The molecule has 0 aliphatic heterocycles. The second-order valence-corrected chi connectivity index (χ2v) is 5.72. The Morgan fingerprint density at radius 1 is 0.435 bits per heavy atom. The molecule has 0 aromatic rings. The van der Waals surface area contributed by atoms with E-state index < -0.39 is 36.6 Å². The first-order chi connectivity index (χ1) is 10.1. The first kappa shape index (κ1) is 22.6. The van der Waals surface area contributed by atoms with Gasteiger partial charge >= 0.3 is 0 Å². The summed E-state index contributed by atoms with van der Waals surface area (Å²) in [6, 6.07) is 0. The van der Waals surface area contributed by atoms with Gasteiger partial charge in [-0.05, 0) is 25.7 Å². The molecule has 0 bridgehead atoms. The van der Waals surface area contributed by atoms with E-state index in [2.05, 4.69) is 0 Å². The monoisotopic (exact) mass is 345 g/mol. The minimum absolute atomic E-state index is 0.0293. The molecule has 0 fully saturated rings. The molecule has 11 heteroatoms. The molecule has 0 spiro atoms. The van der Waals surface area contributed by atoms with Crippen molar-refractivity contribution in [2.45, 2.75) is 75.1 Å². The van der Waals surface area contributed by atoms with Gasteiger partial charge in [0, 0.05) is 25.7 Å². The normalized spacial score (nSPS) is 14.3. The Labute approximate surface area is 132 Å². The van der Waals surface area contributed by atoms with E-state index in [0.717, 1.165) is 0 Å². The second-order valence-electron chi connectivity index (χ2n) is 5.72. The molecular weight excluding hydrogens is 318 g/mol. The maximum atomic E-state index is 9.58. The number of unbranched alkanes of at least 4 members (excludes halogenated alkanes) is 2. The van der Waals surface area contributed by atoms with Gasteiger partial charge in [-0.2, -0.15) is 0 Å².